The molecule has 118 valence electrons. The van der Waals surface area contributed by atoms with Crippen LogP contribution in [0.4, 0.5) is 4.39 Å². The summed E-state index contributed by atoms with van der Waals surface area (Å²) in [7, 11) is -2.52. The summed E-state index contributed by atoms with van der Waals surface area (Å²) in [4.78, 5) is -0.201. The van der Waals surface area contributed by atoms with E-state index in [2.05, 4.69) is 20.7 Å². The van der Waals surface area contributed by atoms with Gasteiger partial charge in [0.15, 0.2) is 0 Å². The van der Waals surface area contributed by atoms with Gasteiger partial charge in [0.1, 0.15) is 16.5 Å². The van der Waals surface area contributed by atoms with Gasteiger partial charge in [-0.1, -0.05) is 6.42 Å². The number of sulfonamides is 1. The molecule has 1 saturated carbocycles. The highest BCUT2D eigenvalue weighted by atomic mass is 79.9. The van der Waals surface area contributed by atoms with Gasteiger partial charge in [0.25, 0.3) is 0 Å². The first-order valence-electron chi connectivity index (χ1n) is 6.64. The maximum absolute atomic E-state index is 13.7. The number of hydrogen-bond acceptors (Lipinski definition) is 4. The van der Waals surface area contributed by atoms with Crippen LogP contribution in [0.5, 0.6) is 5.75 Å². The summed E-state index contributed by atoms with van der Waals surface area (Å²) in [6.07, 6.45) is 2.57. The first-order chi connectivity index (χ1) is 9.89. The Kier molecular flexibility index (Phi) is 5.24. The fourth-order valence-electron chi connectivity index (χ4n) is 2.62. The lowest BCUT2D eigenvalue weighted by atomic mass is 10.1. The lowest BCUT2D eigenvalue weighted by Crippen LogP contribution is -2.39. The van der Waals surface area contributed by atoms with Crippen LogP contribution in [-0.2, 0) is 10.0 Å². The lowest BCUT2D eigenvalue weighted by molar-refractivity contribution is 0.398. The van der Waals surface area contributed by atoms with Crippen LogP contribution in [0.15, 0.2) is 21.5 Å². The molecule has 3 N–H and O–H groups in total. The average Bonchev–Trinajstić information content (AvgIpc) is 2.87. The molecule has 0 aromatic heterocycles. The number of rotatable bonds is 5. The van der Waals surface area contributed by atoms with Crippen molar-refractivity contribution in [1.29, 1.82) is 0 Å². The molecule has 0 amide bonds. The molecule has 21 heavy (non-hydrogen) atoms. The largest absolute Gasteiger partial charge is 0.495 e. The van der Waals surface area contributed by atoms with Crippen LogP contribution >= 0.6 is 15.9 Å². The SMILES string of the molecule is COc1cc(Br)c(F)cc1S(=O)(=O)NC1CCCC1CN. The summed E-state index contributed by atoms with van der Waals surface area (Å²) in [6.45, 7) is 0.430. The van der Waals surface area contributed by atoms with Crippen molar-refractivity contribution in [2.24, 2.45) is 11.7 Å². The number of nitrogens with two attached hydrogens (primary N) is 1. The molecular weight excluding hydrogens is 363 g/mol. The normalized spacial score (nSPS) is 22.5. The van der Waals surface area contributed by atoms with Crippen molar-refractivity contribution in [3.8, 4) is 5.75 Å². The summed E-state index contributed by atoms with van der Waals surface area (Å²) < 4.78 is 46.4. The van der Waals surface area contributed by atoms with E-state index in [-0.39, 0.29) is 27.1 Å². The second-order valence-electron chi connectivity index (χ2n) is 5.07. The van der Waals surface area contributed by atoms with Crippen molar-refractivity contribution in [3.05, 3.63) is 22.4 Å². The van der Waals surface area contributed by atoms with Crippen molar-refractivity contribution in [2.75, 3.05) is 13.7 Å². The standard InChI is InChI=1S/C13H18BrFN2O3S/c1-20-12-5-9(14)10(15)6-13(12)21(18,19)17-11-4-2-3-8(11)7-16/h5-6,8,11,17H,2-4,7,16H2,1H3. The second kappa shape index (κ2) is 6.60. The van der Waals surface area contributed by atoms with Crippen LogP contribution in [0.2, 0.25) is 0 Å². The minimum absolute atomic E-state index is 0.0954. The first kappa shape index (κ1) is 16.7. The number of hydrogen-bond donors (Lipinski definition) is 2. The zero-order chi connectivity index (χ0) is 15.6. The summed E-state index contributed by atoms with van der Waals surface area (Å²) >= 11 is 3.01. The fourth-order valence-corrected chi connectivity index (χ4v) is 4.44. The minimum Gasteiger partial charge on any atom is -0.495 e. The number of benzene rings is 1. The molecule has 0 aliphatic heterocycles. The van der Waals surface area contributed by atoms with Gasteiger partial charge >= 0.3 is 0 Å². The van der Waals surface area contributed by atoms with Gasteiger partial charge in [-0.3, -0.25) is 0 Å². The minimum atomic E-state index is -3.86. The molecular formula is C13H18BrFN2O3S. The van der Waals surface area contributed by atoms with Gasteiger partial charge in [-0.2, -0.15) is 0 Å². The topological polar surface area (TPSA) is 81.4 Å². The van der Waals surface area contributed by atoms with Crippen molar-refractivity contribution in [3.63, 3.8) is 0 Å². The van der Waals surface area contributed by atoms with Gasteiger partial charge in [-0.05, 0) is 53.4 Å². The van der Waals surface area contributed by atoms with Gasteiger partial charge in [0.2, 0.25) is 10.0 Å². The van der Waals surface area contributed by atoms with Crippen molar-refractivity contribution < 1.29 is 17.5 Å². The maximum Gasteiger partial charge on any atom is 0.244 e. The van der Waals surface area contributed by atoms with Gasteiger partial charge in [0, 0.05) is 6.04 Å². The lowest BCUT2D eigenvalue weighted by Gasteiger charge is -2.20. The number of ether oxygens (including phenoxy) is 1. The van der Waals surface area contributed by atoms with E-state index in [0.29, 0.717) is 6.54 Å². The molecule has 1 aliphatic carbocycles. The molecule has 0 heterocycles. The van der Waals surface area contributed by atoms with Crippen LogP contribution in [0.3, 0.4) is 0 Å². The van der Waals surface area contributed by atoms with Crippen LogP contribution in [0.25, 0.3) is 0 Å². The summed E-state index contributed by atoms with van der Waals surface area (Å²) in [6, 6.07) is 2.05. The third-order valence-corrected chi connectivity index (χ3v) is 5.88. The summed E-state index contributed by atoms with van der Waals surface area (Å²) in [5.74, 6) is -0.442. The van der Waals surface area contributed by atoms with Gasteiger partial charge < -0.3 is 10.5 Å². The summed E-state index contributed by atoms with van der Waals surface area (Å²) in [5.41, 5.74) is 5.66. The van der Waals surface area contributed by atoms with Crippen molar-refractivity contribution >= 4 is 26.0 Å². The smallest absolute Gasteiger partial charge is 0.244 e. The molecule has 5 nitrogen and oxygen atoms in total. The van der Waals surface area contributed by atoms with E-state index in [1.165, 1.54) is 13.2 Å². The molecule has 2 atom stereocenters. The average molecular weight is 381 g/mol. The van der Waals surface area contributed by atoms with Gasteiger partial charge in [0.05, 0.1) is 11.6 Å². The Balaban J connectivity index is 2.33. The third kappa shape index (κ3) is 3.56. The highest BCUT2D eigenvalue weighted by Crippen LogP contribution is 2.32. The predicted octanol–water partition coefficient (Wildman–Crippen LogP) is 2.00. The van der Waals surface area contributed by atoms with Crippen LogP contribution in [-0.4, -0.2) is 28.1 Å². The van der Waals surface area contributed by atoms with Crippen LogP contribution in [0, 0.1) is 11.7 Å². The molecule has 1 aromatic rings. The Hall–Kier alpha value is -0.700. The van der Waals surface area contributed by atoms with Gasteiger partial charge in [-0.15, -0.1) is 0 Å². The molecule has 0 spiro atoms. The zero-order valence-electron chi connectivity index (χ0n) is 11.6. The maximum atomic E-state index is 13.7. The Morgan fingerprint density at radius 1 is 1.48 bits per heavy atom. The molecule has 0 bridgehead atoms. The third-order valence-electron chi connectivity index (χ3n) is 3.76. The molecule has 1 fully saturated rings. The molecule has 2 unspecified atom stereocenters. The predicted molar refractivity (Wildman–Crippen MR) is 81.2 cm³/mol. The van der Waals surface area contributed by atoms with Crippen molar-refractivity contribution in [2.45, 2.75) is 30.2 Å². The van der Waals surface area contributed by atoms with E-state index < -0.39 is 15.8 Å². The highest BCUT2D eigenvalue weighted by molar-refractivity contribution is 9.10. The van der Waals surface area contributed by atoms with E-state index in [9.17, 15) is 12.8 Å². The second-order valence-corrected chi connectivity index (χ2v) is 7.61. The molecule has 1 aromatic carbocycles. The molecule has 0 saturated heterocycles. The van der Waals surface area contributed by atoms with Crippen LogP contribution in [0.1, 0.15) is 19.3 Å². The monoisotopic (exact) mass is 380 g/mol. The number of halogens is 2. The molecule has 8 heteroatoms. The van der Waals surface area contributed by atoms with E-state index in [0.717, 1.165) is 25.3 Å². The molecule has 1 aliphatic rings. The number of methoxy groups -OCH3 is 1. The van der Waals surface area contributed by atoms with E-state index in [1.54, 1.807) is 0 Å². The number of nitrogens with one attached hydrogen (secondary N) is 1. The van der Waals surface area contributed by atoms with Crippen molar-refractivity contribution in [1.82, 2.24) is 4.72 Å². The molecule has 0 radical (unpaired) electrons. The Bertz CT molecular complexity index is 624. The Labute approximate surface area is 132 Å². The molecule has 2 rings (SSSR count). The quantitative estimate of drug-likeness (QED) is 0.818. The van der Waals surface area contributed by atoms with E-state index in [1.807, 2.05) is 0 Å². The van der Waals surface area contributed by atoms with E-state index in [4.69, 9.17) is 10.5 Å². The van der Waals surface area contributed by atoms with Gasteiger partial charge in [-0.25, -0.2) is 17.5 Å². The Morgan fingerprint density at radius 3 is 2.81 bits per heavy atom. The highest BCUT2D eigenvalue weighted by Gasteiger charge is 2.32. The summed E-state index contributed by atoms with van der Waals surface area (Å²) in [5, 5.41) is 0. The Morgan fingerprint density at radius 2 is 2.19 bits per heavy atom. The first-order valence-corrected chi connectivity index (χ1v) is 8.92. The fraction of sp³-hybridized carbons (Fsp3) is 0.538. The zero-order valence-corrected chi connectivity index (χ0v) is 14.0. The van der Waals surface area contributed by atoms with E-state index >= 15 is 0 Å². The van der Waals surface area contributed by atoms with Crippen LogP contribution < -0.4 is 15.2 Å².